The molecule has 1 aliphatic heterocycles. The average Bonchev–Trinajstić information content (AvgIpc) is 2.59. The first-order chi connectivity index (χ1) is 7.97. The number of nitrogens with zero attached hydrogens (tertiary/aromatic N) is 2. The van der Waals surface area contributed by atoms with Crippen molar-refractivity contribution < 1.29 is 4.79 Å². The molecular weight excluding hydrogens is 234 g/mol. The van der Waals surface area contributed by atoms with Gasteiger partial charge in [0, 0.05) is 23.9 Å². The molecule has 0 unspecified atom stereocenters. The SMILES string of the molecule is CC(C)(C)c1nc(CNC(=O)N2CCC2)cs1. The van der Waals surface area contributed by atoms with Gasteiger partial charge < -0.3 is 10.2 Å². The van der Waals surface area contributed by atoms with Gasteiger partial charge in [-0.05, 0) is 6.42 Å². The summed E-state index contributed by atoms with van der Waals surface area (Å²) in [6, 6.07) is 0.0292. The van der Waals surface area contributed by atoms with Gasteiger partial charge >= 0.3 is 6.03 Å². The van der Waals surface area contributed by atoms with Gasteiger partial charge in [0.15, 0.2) is 0 Å². The molecule has 0 spiro atoms. The Morgan fingerprint density at radius 3 is 2.71 bits per heavy atom. The fourth-order valence-electron chi connectivity index (χ4n) is 1.53. The van der Waals surface area contributed by atoms with Crippen molar-refractivity contribution in [3.05, 3.63) is 16.1 Å². The zero-order valence-electron chi connectivity index (χ0n) is 10.6. The van der Waals surface area contributed by atoms with Crippen molar-refractivity contribution >= 4 is 17.4 Å². The molecule has 1 N–H and O–H groups in total. The van der Waals surface area contributed by atoms with Gasteiger partial charge in [-0.2, -0.15) is 0 Å². The number of likely N-dealkylation sites (tertiary alicyclic amines) is 1. The quantitative estimate of drug-likeness (QED) is 0.879. The van der Waals surface area contributed by atoms with Crippen LogP contribution < -0.4 is 5.32 Å². The van der Waals surface area contributed by atoms with Crippen LogP contribution in [0.4, 0.5) is 4.79 Å². The Morgan fingerprint density at radius 2 is 2.24 bits per heavy atom. The van der Waals surface area contributed by atoms with Crippen LogP contribution in [0.5, 0.6) is 0 Å². The van der Waals surface area contributed by atoms with Gasteiger partial charge in [0.25, 0.3) is 0 Å². The summed E-state index contributed by atoms with van der Waals surface area (Å²) in [5, 5.41) is 6.04. The number of urea groups is 1. The van der Waals surface area contributed by atoms with Crippen LogP contribution in [0.25, 0.3) is 0 Å². The summed E-state index contributed by atoms with van der Waals surface area (Å²) in [5.41, 5.74) is 1.04. The van der Waals surface area contributed by atoms with Crippen molar-refractivity contribution in [1.82, 2.24) is 15.2 Å². The average molecular weight is 253 g/mol. The molecule has 0 aliphatic carbocycles. The summed E-state index contributed by atoms with van der Waals surface area (Å²) < 4.78 is 0. The minimum absolute atomic E-state index is 0.0292. The zero-order valence-corrected chi connectivity index (χ0v) is 11.4. The van der Waals surface area contributed by atoms with Gasteiger partial charge in [-0.25, -0.2) is 9.78 Å². The molecule has 4 nitrogen and oxygen atoms in total. The first kappa shape index (κ1) is 12.4. The first-order valence-electron chi connectivity index (χ1n) is 5.94. The molecule has 1 aromatic rings. The van der Waals surface area contributed by atoms with Crippen molar-refractivity contribution in [2.24, 2.45) is 0 Å². The highest BCUT2D eigenvalue weighted by Crippen LogP contribution is 2.25. The van der Waals surface area contributed by atoms with Gasteiger partial charge in [0.2, 0.25) is 0 Å². The van der Waals surface area contributed by atoms with E-state index in [4.69, 9.17) is 0 Å². The molecule has 2 heterocycles. The second kappa shape index (κ2) is 4.64. The van der Waals surface area contributed by atoms with E-state index in [2.05, 4.69) is 31.1 Å². The summed E-state index contributed by atoms with van der Waals surface area (Å²) in [4.78, 5) is 18.0. The third-order valence-electron chi connectivity index (χ3n) is 2.76. The second-order valence-corrected chi connectivity index (χ2v) is 6.25. The molecule has 1 fully saturated rings. The largest absolute Gasteiger partial charge is 0.332 e. The Bertz CT molecular complexity index is 404. The van der Waals surface area contributed by atoms with Crippen molar-refractivity contribution in [3.63, 3.8) is 0 Å². The minimum atomic E-state index is 0.0292. The van der Waals surface area contributed by atoms with Crippen molar-refractivity contribution in [2.75, 3.05) is 13.1 Å². The van der Waals surface area contributed by atoms with E-state index in [9.17, 15) is 4.79 Å². The summed E-state index contributed by atoms with van der Waals surface area (Å²) in [5.74, 6) is 0. The van der Waals surface area contributed by atoms with Crippen LogP contribution >= 0.6 is 11.3 Å². The number of nitrogens with one attached hydrogen (secondary N) is 1. The van der Waals surface area contributed by atoms with Gasteiger partial charge in [-0.15, -0.1) is 11.3 Å². The summed E-state index contributed by atoms with van der Waals surface area (Å²) >= 11 is 1.66. The molecule has 1 aromatic heterocycles. The van der Waals surface area contributed by atoms with E-state index in [0.717, 1.165) is 30.2 Å². The Morgan fingerprint density at radius 1 is 1.53 bits per heavy atom. The minimum Gasteiger partial charge on any atom is -0.332 e. The van der Waals surface area contributed by atoms with Crippen LogP contribution in [0.3, 0.4) is 0 Å². The predicted octanol–water partition coefficient (Wildman–Crippen LogP) is 2.36. The fraction of sp³-hybridized carbons (Fsp3) is 0.667. The van der Waals surface area contributed by atoms with Crippen molar-refractivity contribution in [3.8, 4) is 0 Å². The predicted molar refractivity (Wildman–Crippen MR) is 69.2 cm³/mol. The number of hydrogen-bond acceptors (Lipinski definition) is 3. The molecule has 1 aliphatic rings. The first-order valence-corrected chi connectivity index (χ1v) is 6.82. The highest BCUT2D eigenvalue weighted by Gasteiger charge is 2.21. The molecule has 0 bridgehead atoms. The van der Waals surface area contributed by atoms with Gasteiger partial charge in [-0.3, -0.25) is 0 Å². The van der Waals surface area contributed by atoms with Gasteiger partial charge in [0.1, 0.15) is 0 Å². The van der Waals surface area contributed by atoms with E-state index in [0.29, 0.717) is 6.54 Å². The van der Waals surface area contributed by atoms with E-state index >= 15 is 0 Å². The number of rotatable bonds is 2. The van der Waals surface area contributed by atoms with E-state index in [1.165, 1.54) is 0 Å². The lowest BCUT2D eigenvalue weighted by Gasteiger charge is -2.30. The molecule has 0 saturated carbocycles. The maximum Gasteiger partial charge on any atom is 0.317 e. The molecule has 2 amide bonds. The third-order valence-corrected chi connectivity index (χ3v) is 4.07. The molecule has 94 valence electrons. The fourth-order valence-corrected chi connectivity index (χ4v) is 2.44. The van der Waals surface area contributed by atoms with Gasteiger partial charge in [-0.1, -0.05) is 20.8 Å². The molecular formula is C12H19N3OS. The Hall–Kier alpha value is -1.10. The molecule has 5 heteroatoms. The lowest BCUT2D eigenvalue weighted by molar-refractivity contribution is 0.167. The standard InChI is InChI=1S/C12H19N3OS/c1-12(2,3)10-14-9(8-17-10)7-13-11(16)15-5-4-6-15/h8H,4-7H2,1-3H3,(H,13,16). The van der Waals surface area contributed by atoms with Crippen LogP contribution in [-0.4, -0.2) is 29.0 Å². The molecule has 0 atom stereocenters. The number of carbonyl (C=O) groups is 1. The lowest BCUT2D eigenvalue weighted by Crippen LogP contribution is -2.47. The summed E-state index contributed by atoms with van der Waals surface area (Å²) in [7, 11) is 0. The smallest absolute Gasteiger partial charge is 0.317 e. The number of thiazole rings is 1. The van der Waals surface area contributed by atoms with Crippen molar-refractivity contribution in [2.45, 2.75) is 39.2 Å². The normalized spacial score (nSPS) is 15.6. The maximum absolute atomic E-state index is 11.6. The van der Waals surface area contributed by atoms with Gasteiger partial charge in [0.05, 0.1) is 17.2 Å². The number of carbonyl (C=O) groups excluding carboxylic acids is 1. The Balaban J connectivity index is 1.86. The molecule has 1 saturated heterocycles. The zero-order chi connectivity index (χ0) is 12.5. The van der Waals surface area contributed by atoms with Crippen LogP contribution in [-0.2, 0) is 12.0 Å². The summed E-state index contributed by atoms with van der Waals surface area (Å²) in [6.07, 6.45) is 1.12. The van der Waals surface area contributed by atoms with Crippen LogP contribution in [0.15, 0.2) is 5.38 Å². The number of hydrogen-bond donors (Lipinski definition) is 1. The van der Waals surface area contributed by atoms with E-state index in [1.54, 1.807) is 11.3 Å². The molecule has 0 aromatic carbocycles. The van der Waals surface area contributed by atoms with Crippen LogP contribution in [0, 0.1) is 0 Å². The van der Waals surface area contributed by atoms with Crippen LogP contribution in [0.2, 0.25) is 0 Å². The molecule has 0 radical (unpaired) electrons. The second-order valence-electron chi connectivity index (χ2n) is 5.39. The highest BCUT2D eigenvalue weighted by molar-refractivity contribution is 7.09. The third kappa shape index (κ3) is 2.97. The maximum atomic E-state index is 11.6. The van der Waals surface area contributed by atoms with Crippen LogP contribution in [0.1, 0.15) is 37.9 Å². The van der Waals surface area contributed by atoms with E-state index in [1.807, 2.05) is 10.3 Å². The monoisotopic (exact) mass is 253 g/mol. The Labute approximate surface area is 106 Å². The highest BCUT2D eigenvalue weighted by atomic mass is 32.1. The van der Waals surface area contributed by atoms with E-state index < -0.39 is 0 Å². The molecule has 2 rings (SSSR count). The molecule has 17 heavy (non-hydrogen) atoms. The topological polar surface area (TPSA) is 45.2 Å². The number of amides is 2. The lowest BCUT2D eigenvalue weighted by atomic mass is 9.98. The number of aromatic nitrogens is 1. The summed E-state index contributed by atoms with van der Waals surface area (Å²) in [6.45, 7) is 8.74. The van der Waals surface area contributed by atoms with E-state index in [-0.39, 0.29) is 11.4 Å². The van der Waals surface area contributed by atoms with Crippen molar-refractivity contribution in [1.29, 1.82) is 0 Å². The Kier molecular flexibility index (Phi) is 3.38.